The molecule has 14 nitrogen and oxygen atoms in total. The highest BCUT2D eigenvalue weighted by Crippen LogP contribution is 2.68. The molecule has 4 aliphatic rings. The third kappa shape index (κ3) is 7.21. The van der Waals surface area contributed by atoms with Crippen molar-refractivity contribution in [3.8, 4) is 0 Å². The fraction of sp³-hybridized carbons (Fsp3) is 0.900. The van der Waals surface area contributed by atoms with E-state index in [2.05, 4.69) is 25.6 Å². The van der Waals surface area contributed by atoms with Crippen LogP contribution in [0, 0.1) is 46.3 Å². The lowest BCUT2D eigenvalue weighted by Crippen LogP contribution is -2.67. The molecule has 4 aliphatic carbocycles. The van der Waals surface area contributed by atoms with Gasteiger partial charge in [0.1, 0.15) is 12.1 Å². The SMILES string of the molecule is CC(CCC(N)=O)C1CCC2C3C(O)CC4CC(O)CC(OC(=O)C(N)(N)CSSCC(N)C(=O)ONN)C4(C)C3CC(O)C12C. The maximum atomic E-state index is 13.5. The molecule has 0 spiro atoms. The lowest BCUT2D eigenvalue weighted by Gasteiger charge is -2.64. The molecule has 4 rings (SSSR count). The molecule has 4 fully saturated rings. The molecule has 46 heavy (non-hydrogen) atoms. The first-order chi connectivity index (χ1) is 21.5. The Morgan fingerprint density at radius 3 is 2.37 bits per heavy atom. The number of hydrogen-bond acceptors (Lipinski definition) is 15. The molecule has 0 aromatic carbocycles. The van der Waals surface area contributed by atoms with Crippen LogP contribution in [-0.2, 0) is 24.0 Å². The van der Waals surface area contributed by atoms with Crippen LogP contribution < -0.4 is 34.4 Å². The summed E-state index contributed by atoms with van der Waals surface area (Å²) in [6.07, 6.45) is 1.49. The number of fused-ring (bicyclic) bond motifs is 5. The molecule has 0 aliphatic heterocycles. The Labute approximate surface area is 278 Å². The highest BCUT2D eigenvalue weighted by molar-refractivity contribution is 8.76. The number of nitrogens with one attached hydrogen (secondary N) is 1. The summed E-state index contributed by atoms with van der Waals surface area (Å²) in [4.78, 5) is 41.1. The fourth-order valence-electron chi connectivity index (χ4n) is 9.68. The first kappa shape index (κ1) is 37.6. The van der Waals surface area contributed by atoms with Crippen LogP contribution in [0.2, 0.25) is 0 Å². The fourth-order valence-corrected chi connectivity index (χ4v) is 12.0. The molecule has 4 saturated carbocycles. The maximum Gasteiger partial charge on any atom is 0.343 e. The van der Waals surface area contributed by atoms with Gasteiger partial charge in [-0.2, -0.15) is 0 Å². The number of primary amides is 1. The van der Waals surface area contributed by atoms with Crippen LogP contribution in [0.3, 0.4) is 0 Å². The molecule has 14 N–H and O–H groups in total. The number of aliphatic hydroxyl groups is 3. The van der Waals surface area contributed by atoms with E-state index in [1.54, 1.807) is 5.59 Å². The quantitative estimate of drug-likeness (QED) is 0.0297. The van der Waals surface area contributed by atoms with Gasteiger partial charge < -0.3 is 47.8 Å². The molecule has 0 aromatic rings. The Hall–Kier alpha value is -1.21. The van der Waals surface area contributed by atoms with Crippen molar-refractivity contribution in [1.82, 2.24) is 5.59 Å². The van der Waals surface area contributed by atoms with Gasteiger partial charge in [-0.05, 0) is 79.4 Å². The lowest BCUT2D eigenvalue weighted by molar-refractivity contribution is -0.241. The second-order valence-electron chi connectivity index (χ2n) is 14.7. The second kappa shape index (κ2) is 14.7. The van der Waals surface area contributed by atoms with Crippen LogP contribution in [-0.4, -0.2) is 80.8 Å². The van der Waals surface area contributed by atoms with Crippen molar-refractivity contribution in [2.45, 2.75) is 108 Å². The molecular formula is C30H54N6O8S2. The molecule has 1 amide bonds. The van der Waals surface area contributed by atoms with Gasteiger partial charge in [-0.3, -0.25) is 4.79 Å². The highest BCUT2D eigenvalue weighted by atomic mass is 33.1. The molecule has 13 unspecified atom stereocenters. The largest absolute Gasteiger partial charge is 0.459 e. The van der Waals surface area contributed by atoms with Crippen molar-refractivity contribution in [3.63, 3.8) is 0 Å². The number of ether oxygens (including phenoxy) is 1. The van der Waals surface area contributed by atoms with E-state index in [4.69, 9.17) is 33.5 Å². The summed E-state index contributed by atoms with van der Waals surface area (Å²) < 4.78 is 6.12. The van der Waals surface area contributed by atoms with Gasteiger partial charge in [-0.1, -0.05) is 47.9 Å². The average Bonchev–Trinajstić information content (AvgIpc) is 3.34. The van der Waals surface area contributed by atoms with Crippen molar-refractivity contribution >= 4 is 39.4 Å². The second-order valence-corrected chi connectivity index (χ2v) is 17.2. The number of hydrazine groups is 1. The maximum absolute atomic E-state index is 13.5. The summed E-state index contributed by atoms with van der Waals surface area (Å²) in [6.45, 7) is 6.33. The van der Waals surface area contributed by atoms with E-state index in [-0.39, 0.29) is 59.3 Å². The van der Waals surface area contributed by atoms with E-state index in [1.807, 2.05) is 0 Å². The van der Waals surface area contributed by atoms with Gasteiger partial charge in [0.05, 0.1) is 18.3 Å². The average molecular weight is 691 g/mol. The summed E-state index contributed by atoms with van der Waals surface area (Å²) in [6, 6.07) is -0.957. The Bertz CT molecular complexity index is 1120. The summed E-state index contributed by atoms with van der Waals surface area (Å²) in [5.74, 6) is 3.15. The number of hydrogen-bond donors (Lipinski definition) is 9. The van der Waals surface area contributed by atoms with Gasteiger partial charge in [-0.15, -0.1) is 0 Å². The summed E-state index contributed by atoms with van der Waals surface area (Å²) in [5.41, 5.74) is 22.5. The van der Waals surface area contributed by atoms with Crippen molar-refractivity contribution < 1.29 is 39.3 Å². The number of carbonyl (C=O) groups excluding carboxylic acids is 3. The number of amides is 1. The minimum Gasteiger partial charge on any atom is -0.459 e. The Morgan fingerprint density at radius 2 is 1.72 bits per heavy atom. The predicted octanol–water partition coefficient (Wildman–Crippen LogP) is -0.385. The van der Waals surface area contributed by atoms with E-state index in [1.165, 1.54) is 10.8 Å². The number of nitrogens with two attached hydrogens (primary N) is 5. The van der Waals surface area contributed by atoms with Gasteiger partial charge in [0, 0.05) is 29.8 Å². The minimum absolute atomic E-state index is 0.0396. The summed E-state index contributed by atoms with van der Waals surface area (Å²) >= 11 is 0. The van der Waals surface area contributed by atoms with Crippen LogP contribution in [0.25, 0.3) is 0 Å². The van der Waals surface area contributed by atoms with E-state index >= 15 is 0 Å². The van der Waals surface area contributed by atoms with E-state index in [9.17, 15) is 29.7 Å². The van der Waals surface area contributed by atoms with Gasteiger partial charge in [-0.25, -0.2) is 15.4 Å². The van der Waals surface area contributed by atoms with Crippen LogP contribution >= 0.6 is 21.6 Å². The molecule has 0 aromatic heterocycles. The monoisotopic (exact) mass is 690 g/mol. The first-order valence-electron chi connectivity index (χ1n) is 16.3. The molecule has 16 heteroatoms. The van der Waals surface area contributed by atoms with Crippen LogP contribution in [0.5, 0.6) is 0 Å². The molecule has 0 bridgehead atoms. The summed E-state index contributed by atoms with van der Waals surface area (Å²) in [7, 11) is 2.35. The van der Waals surface area contributed by atoms with Crippen molar-refractivity contribution in [2.75, 3.05) is 11.5 Å². The topological polar surface area (TPSA) is 272 Å². The van der Waals surface area contributed by atoms with Crippen LogP contribution in [0.15, 0.2) is 0 Å². The molecule has 0 heterocycles. The molecule has 0 saturated heterocycles. The zero-order chi connectivity index (χ0) is 34.2. The number of rotatable bonds is 13. The van der Waals surface area contributed by atoms with Crippen molar-refractivity contribution in [1.29, 1.82) is 0 Å². The highest BCUT2D eigenvalue weighted by Gasteiger charge is 2.68. The Balaban J connectivity index is 1.50. The van der Waals surface area contributed by atoms with Crippen molar-refractivity contribution in [3.05, 3.63) is 0 Å². The normalized spacial score (nSPS) is 40.2. The zero-order valence-electron chi connectivity index (χ0n) is 27.0. The minimum atomic E-state index is -1.87. The van der Waals surface area contributed by atoms with Gasteiger partial charge in [0.2, 0.25) is 5.91 Å². The number of carbonyl (C=O) groups is 3. The van der Waals surface area contributed by atoms with E-state index < -0.39 is 58.9 Å². The van der Waals surface area contributed by atoms with Crippen molar-refractivity contribution in [2.24, 2.45) is 75.1 Å². The third-order valence-electron chi connectivity index (χ3n) is 12.1. The first-order valence-corrected chi connectivity index (χ1v) is 18.7. The third-order valence-corrected chi connectivity index (χ3v) is 14.7. The van der Waals surface area contributed by atoms with Crippen LogP contribution in [0.4, 0.5) is 0 Å². The standard InChI is InChI=1S/C30H54N6O8S2/c1-14(4-7-24(32)40)17-5-6-18-25-19(11-22(39)29(17,18)3)28(2)15(9-21(25)38)8-16(37)10-23(28)43-27(42)30(33,34)13-46-45-12-20(31)26(41)44-36-35/h14-23,25,36-39H,4-13,31,33-35H2,1-3H3,(H2,32,40). The van der Waals surface area contributed by atoms with E-state index in [0.29, 0.717) is 32.1 Å². The number of esters is 1. The molecule has 264 valence electrons. The van der Waals surface area contributed by atoms with E-state index in [0.717, 1.165) is 23.6 Å². The number of aliphatic hydroxyl groups excluding tert-OH is 3. The smallest absolute Gasteiger partial charge is 0.343 e. The Morgan fingerprint density at radius 1 is 1.02 bits per heavy atom. The van der Waals surface area contributed by atoms with Crippen LogP contribution in [0.1, 0.15) is 72.1 Å². The zero-order valence-corrected chi connectivity index (χ0v) is 28.6. The summed E-state index contributed by atoms with van der Waals surface area (Å²) in [5, 5.41) is 34.5. The Kier molecular flexibility index (Phi) is 12.0. The molecular weight excluding hydrogens is 636 g/mol. The van der Waals surface area contributed by atoms with Gasteiger partial charge in [0.25, 0.3) is 0 Å². The lowest BCUT2D eigenvalue weighted by atomic mass is 9.42. The predicted molar refractivity (Wildman–Crippen MR) is 174 cm³/mol. The van der Waals surface area contributed by atoms with Gasteiger partial charge in [0.15, 0.2) is 5.66 Å². The molecule has 13 atom stereocenters. The molecule has 0 radical (unpaired) electrons. The van der Waals surface area contributed by atoms with Gasteiger partial charge >= 0.3 is 11.9 Å².